The van der Waals surface area contributed by atoms with Crippen LogP contribution in [-0.2, 0) is 19.3 Å². The van der Waals surface area contributed by atoms with Gasteiger partial charge in [-0.1, -0.05) is 36.4 Å². The maximum Gasteiger partial charge on any atom is 0.416 e. The van der Waals surface area contributed by atoms with Crippen molar-refractivity contribution in [2.45, 2.75) is 45.2 Å². The smallest absolute Gasteiger partial charge is 0.363 e. The van der Waals surface area contributed by atoms with Crippen LogP contribution in [0.3, 0.4) is 0 Å². The van der Waals surface area contributed by atoms with E-state index in [1.165, 1.54) is 6.92 Å². The zero-order chi connectivity index (χ0) is 26.9. The summed E-state index contributed by atoms with van der Waals surface area (Å²) in [5.74, 6) is -1.09. The Balaban J connectivity index is 1.89. The molecule has 2 heterocycles. The van der Waals surface area contributed by atoms with Crippen molar-refractivity contribution in [1.82, 2.24) is 14.5 Å². The van der Waals surface area contributed by atoms with Gasteiger partial charge in [0.1, 0.15) is 11.5 Å². The van der Waals surface area contributed by atoms with Gasteiger partial charge in [-0.2, -0.15) is 13.2 Å². The topological polar surface area (TPSA) is 85.3 Å². The SMILES string of the molecule is Cc1c(N2CCN[C@H](C)C2)c(=O)n(C[C@@H](N)c2ccccc2)c(=O)n1Cc1c(F)cccc1C(F)(F)F. The lowest BCUT2D eigenvalue weighted by Crippen LogP contribution is -2.53. The molecule has 0 bridgehead atoms. The second-order valence-electron chi connectivity index (χ2n) is 9.30. The molecule has 0 amide bonds. The molecule has 0 spiro atoms. The Kier molecular flexibility index (Phi) is 7.56. The number of halogens is 4. The van der Waals surface area contributed by atoms with Crippen LogP contribution in [0.5, 0.6) is 0 Å². The molecule has 1 saturated heterocycles. The predicted octanol–water partition coefficient (Wildman–Crippen LogP) is 3.02. The van der Waals surface area contributed by atoms with Crippen molar-refractivity contribution < 1.29 is 17.6 Å². The van der Waals surface area contributed by atoms with Crippen LogP contribution >= 0.6 is 0 Å². The number of nitrogens with zero attached hydrogens (tertiary/aromatic N) is 3. The zero-order valence-electron chi connectivity index (χ0n) is 20.6. The summed E-state index contributed by atoms with van der Waals surface area (Å²) in [7, 11) is 0. The normalized spacial score (nSPS) is 17.2. The number of hydrogen-bond acceptors (Lipinski definition) is 5. The first-order valence-corrected chi connectivity index (χ1v) is 12.0. The standard InChI is InChI=1S/C26H29F4N5O2/c1-16-13-33(12-11-32-16)23-17(2)34(14-19-20(26(28,29)30)9-6-10-21(19)27)25(37)35(24(23)36)15-22(31)18-7-4-3-5-8-18/h3-10,16,22,32H,11-15,31H2,1-2H3/t16-,22-/m1/s1. The summed E-state index contributed by atoms with van der Waals surface area (Å²) >= 11 is 0. The van der Waals surface area contributed by atoms with Gasteiger partial charge < -0.3 is 16.0 Å². The van der Waals surface area contributed by atoms with E-state index in [0.717, 1.165) is 27.3 Å². The van der Waals surface area contributed by atoms with Crippen molar-refractivity contribution in [3.05, 3.63) is 97.6 Å². The first-order valence-electron chi connectivity index (χ1n) is 12.0. The molecule has 2 aromatic carbocycles. The summed E-state index contributed by atoms with van der Waals surface area (Å²) in [6.45, 7) is 4.04. The molecule has 11 heteroatoms. The maximum atomic E-state index is 14.7. The first kappa shape index (κ1) is 26.6. The Morgan fingerprint density at radius 1 is 1.08 bits per heavy atom. The quantitative estimate of drug-likeness (QED) is 0.489. The van der Waals surface area contributed by atoms with E-state index in [-0.39, 0.29) is 24.0 Å². The van der Waals surface area contributed by atoms with E-state index >= 15 is 0 Å². The van der Waals surface area contributed by atoms with Crippen molar-refractivity contribution in [3.63, 3.8) is 0 Å². The number of anilines is 1. The Morgan fingerprint density at radius 2 is 1.78 bits per heavy atom. The van der Waals surface area contributed by atoms with Crippen molar-refractivity contribution in [3.8, 4) is 0 Å². The third kappa shape index (κ3) is 5.47. The van der Waals surface area contributed by atoms with Crippen molar-refractivity contribution in [1.29, 1.82) is 0 Å². The summed E-state index contributed by atoms with van der Waals surface area (Å²) in [4.78, 5) is 29.1. The molecule has 3 aromatic rings. The molecule has 4 rings (SSSR count). The van der Waals surface area contributed by atoms with Gasteiger partial charge in [-0.05, 0) is 31.5 Å². The van der Waals surface area contributed by atoms with E-state index in [0.29, 0.717) is 25.2 Å². The van der Waals surface area contributed by atoms with E-state index in [1.54, 1.807) is 30.3 Å². The van der Waals surface area contributed by atoms with Gasteiger partial charge in [-0.3, -0.25) is 13.9 Å². The first-order chi connectivity index (χ1) is 17.5. The highest BCUT2D eigenvalue weighted by molar-refractivity contribution is 5.50. The van der Waals surface area contributed by atoms with E-state index in [2.05, 4.69) is 5.32 Å². The van der Waals surface area contributed by atoms with Crippen LogP contribution in [0.1, 0.15) is 35.3 Å². The minimum Gasteiger partial charge on any atom is -0.363 e. The molecule has 37 heavy (non-hydrogen) atoms. The lowest BCUT2D eigenvalue weighted by molar-refractivity contribution is -0.138. The number of alkyl halides is 3. The predicted molar refractivity (Wildman–Crippen MR) is 133 cm³/mol. The number of rotatable bonds is 6. The molecule has 198 valence electrons. The van der Waals surface area contributed by atoms with Gasteiger partial charge in [0.2, 0.25) is 0 Å². The molecule has 0 aliphatic carbocycles. The fourth-order valence-corrected chi connectivity index (χ4v) is 4.78. The highest BCUT2D eigenvalue weighted by Crippen LogP contribution is 2.33. The summed E-state index contributed by atoms with van der Waals surface area (Å²) in [6.07, 6.45) is -4.82. The lowest BCUT2D eigenvalue weighted by atomic mass is 10.1. The van der Waals surface area contributed by atoms with Crippen LogP contribution in [-0.4, -0.2) is 34.8 Å². The van der Waals surface area contributed by atoms with Gasteiger partial charge in [0.25, 0.3) is 5.56 Å². The molecular formula is C26H29F4N5O2. The summed E-state index contributed by atoms with van der Waals surface area (Å²) in [6, 6.07) is 10.9. The van der Waals surface area contributed by atoms with Crippen LogP contribution in [0, 0.1) is 12.7 Å². The largest absolute Gasteiger partial charge is 0.416 e. The van der Waals surface area contributed by atoms with E-state index < -0.39 is 47.0 Å². The summed E-state index contributed by atoms with van der Waals surface area (Å²) in [5, 5.41) is 3.27. The molecule has 7 nitrogen and oxygen atoms in total. The fraction of sp³-hybridized carbons (Fsp3) is 0.385. The van der Waals surface area contributed by atoms with Crippen LogP contribution in [0.4, 0.5) is 23.2 Å². The third-order valence-corrected chi connectivity index (χ3v) is 6.69. The maximum absolute atomic E-state index is 14.7. The minimum absolute atomic E-state index is 0.0383. The summed E-state index contributed by atoms with van der Waals surface area (Å²) in [5.41, 5.74) is 4.10. The van der Waals surface area contributed by atoms with E-state index in [1.807, 2.05) is 11.8 Å². The Bertz CT molecular complexity index is 1380. The second-order valence-corrected chi connectivity index (χ2v) is 9.30. The average Bonchev–Trinajstić information content (AvgIpc) is 2.85. The molecule has 0 radical (unpaired) electrons. The Hall–Kier alpha value is -3.44. The van der Waals surface area contributed by atoms with E-state index in [9.17, 15) is 27.2 Å². The Morgan fingerprint density at radius 3 is 2.43 bits per heavy atom. The molecule has 1 fully saturated rings. The van der Waals surface area contributed by atoms with Crippen LogP contribution in [0.15, 0.2) is 58.1 Å². The number of piperazine rings is 1. The van der Waals surface area contributed by atoms with Crippen molar-refractivity contribution in [2.24, 2.45) is 5.73 Å². The van der Waals surface area contributed by atoms with Crippen LogP contribution in [0.25, 0.3) is 0 Å². The van der Waals surface area contributed by atoms with Crippen LogP contribution in [0.2, 0.25) is 0 Å². The molecule has 2 atom stereocenters. The highest BCUT2D eigenvalue weighted by atomic mass is 19.4. The molecule has 0 unspecified atom stereocenters. The molecular weight excluding hydrogens is 490 g/mol. The van der Waals surface area contributed by atoms with Crippen molar-refractivity contribution >= 4 is 5.69 Å². The molecule has 1 aromatic heterocycles. The number of nitrogens with two attached hydrogens (primary N) is 1. The number of hydrogen-bond donors (Lipinski definition) is 2. The second kappa shape index (κ2) is 10.5. The minimum atomic E-state index is -4.82. The monoisotopic (exact) mass is 519 g/mol. The van der Waals surface area contributed by atoms with Gasteiger partial charge in [-0.15, -0.1) is 0 Å². The summed E-state index contributed by atoms with van der Waals surface area (Å²) < 4.78 is 57.8. The van der Waals surface area contributed by atoms with Gasteiger partial charge in [0.15, 0.2) is 0 Å². The number of benzene rings is 2. The van der Waals surface area contributed by atoms with Crippen molar-refractivity contribution in [2.75, 3.05) is 24.5 Å². The molecule has 1 aliphatic heterocycles. The fourth-order valence-electron chi connectivity index (χ4n) is 4.78. The molecule has 1 aliphatic rings. The zero-order valence-corrected chi connectivity index (χ0v) is 20.6. The highest BCUT2D eigenvalue weighted by Gasteiger charge is 2.35. The Labute approximate surface area is 211 Å². The van der Waals surface area contributed by atoms with Crippen LogP contribution < -0.4 is 27.2 Å². The number of aromatic nitrogens is 2. The third-order valence-electron chi connectivity index (χ3n) is 6.69. The average molecular weight is 520 g/mol. The van der Waals surface area contributed by atoms with Gasteiger partial charge >= 0.3 is 11.9 Å². The van der Waals surface area contributed by atoms with E-state index in [4.69, 9.17) is 5.73 Å². The van der Waals surface area contributed by atoms with Gasteiger partial charge in [0.05, 0.1) is 18.7 Å². The lowest BCUT2D eigenvalue weighted by Gasteiger charge is -2.35. The molecule has 3 N–H and O–H groups in total. The van der Waals surface area contributed by atoms with Gasteiger partial charge in [-0.25, -0.2) is 9.18 Å². The van der Waals surface area contributed by atoms with Gasteiger partial charge in [0, 0.05) is 43.0 Å². The molecule has 0 saturated carbocycles. The number of nitrogens with one attached hydrogen (secondary N) is 1.